The van der Waals surface area contributed by atoms with Gasteiger partial charge in [-0.05, 0) is 31.2 Å². The molecule has 0 aliphatic heterocycles. The summed E-state index contributed by atoms with van der Waals surface area (Å²) < 4.78 is 0. The van der Waals surface area contributed by atoms with Crippen LogP contribution in [0.3, 0.4) is 0 Å². The van der Waals surface area contributed by atoms with E-state index in [1.807, 2.05) is 0 Å². The minimum atomic E-state index is 0.874. The molecule has 0 amide bonds. The van der Waals surface area contributed by atoms with Crippen molar-refractivity contribution < 1.29 is 0 Å². The smallest absolute Gasteiger partial charge is 0.134 e. The van der Waals surface area contributed by atoms with E-state index in [0.717, 1.165) is 43.1 Å². The van der Waals surface area contributed by atoms with Crippen LogP contribution in [-0.4, -0.2) is 23.1 Å². The first-order valence-electron chi connectivity index (χ1n) is 6.69. The van der Waals surface area contributed by atoms with Crippen LogP contribution in [0.15, 0.2) is 23.8 Å². The molecule has 0 aliphatic carbocycles. The number of anilines is 2. The monoisotopic (exact) mass is 276 g/mol. The molecule has 0 spiro atoms. The molecule has 2 heterocycles. The van der Waals surface area contributed by atoms with E-state index in [2.05, 4.69) is 52.0 Å². The molecule has 0 bridgehead atoms. The van der Waals surface area contributed by atoms with Gasteiger partial charge in [0.1, 0.15) is 18.0 Å². The largest absolute Gasteiger partial charge is 0.370 e. The highest BCUT2D eigenvalue weighted by Crippen LogP contribution is 2.20. The van der Waals surface area contributed by atoms with Crippen molar-refractivity contribution in [2.75, 3.05) is 23.7 Å². The molecule has 19 heavy (non-hydrogen) atoms. The molecule has 0 atom stereocenters. The average Bonchev–Trinajstić information content (AvgIpc) is 2.93. The van der Waals surface area contributed by atoms with Crippen molar-refractivity contribution in [3.63, 3.8) is 0 Å². The Morgan fingerprint density at radius 3 is 2.58 bits per heavy atom. The van der Waals surface area contributed by atoms with Crippen LogP contribution in [0.2, 0.25) is 0 Å². The van der Waals surface area contributed by atoms with Gasteiger partial charge in [-0.1, -0.05) is 13.0 Å². The van der Waals surface area contributed by atoms with Crippen molar-refractivity contribution in [1.82, 2.24) is 9.97 Å². The first kappa shape index (κ1) is 13.8. The van der Waals surface area contributed by atoms with Crippen molar-refractivity contribution in [2.24, 2.45) is 0 Å². The molecule has 102 valence electrons. The summed E-state index contributed by atoms with van der Waals surface area (Å²) in [5.74, 6) is 1.89. The lowest BCUT2D eigenvalue weighted by Gasteiger charge is -2.13. The highest BCUT2D eigenvalue weighted by atomic mass is 32.1. The van der Waals surface area contributed by atoms with E-state index in [1.54, 1.807) is 17.7 Å². The summed E-state index contributed by atoms with van der Waals surface area (Å²) in [5, 5.41) is 8.81. The van der Waals surface area contributed by atoms with Crippen LogP contribution < -0.4 is 10.6 Å². The van der Waals surface area contributed by atoms with E-state index in [-0.39, 0.29) is 0 Å². The van der Waals surface area contributed by atoms with Crippen LogP contribution in [-0.2, 0) is 12.8 Å². The number of aromatic nitrogens is 2. The van der Waals surface area contributed by atoms with E-state index in [0.29, 0.717) is 0 Å². The summed E-state index contributed by atoms with van der Waals surface area (Å²) in [7, 11) is 0. The molecule has 2 N–H and O–H groups in total. The van der Waals surface area contributed by atoms with E-state index in [9.17, 15) is 0 Å². The van der Waals surface area contributed by atoms with Gasteiger partial charge in [0.25, 0.3) is 0 Å². The second kappa shape index (κ2) is 7.09. The third kappa shape index (κ3) is 3.67. The van der Waals surface area contributed by atoms with Gasteiger partial charge in [-0.25, -0.2) is 9.97 Å². The summed E-state index contributed by atoms with van der Waals surface area (Å²) in [4.78, 5) is 10.0. The van der Waals surface area contributed by atoms with E-state index in [4.69, 9.17) is 0 Å². The molecule has 0 aliphatic rings. The van der Waals surface area contributed by atoms with Gasteiger partial charge in [-0.15, -0.1) is 11.3 Å². The third-order valence-electron chi connectivity index (χ3n) is 2.89. The Labute approximate surface area is 118 Å². The molecule has 2 aromatic rings. The maximum Gasteiger partial charge on any atom is 0.134 e. The van der Waals surface area contributed by atoms with Crippen molar-refractivity contribution >= 4 is 23.0 Å². The van der Waals surface area contributed by atoms with Gasteiger partial charge in [-0.2, -0.15) is 0 Å². The molecule has 5 heteroatoms. The Bertz CT molecular complexity index is 496. The zero-order chi connectivity index (χ0) is 13.5. The van der Waals surface area contributed by atoms with Gasteiger partial charge in [0.05, 0.1) is 0 Å². The number of nitrogens with one attached hydrogen (secondary N) is 2. The highest BCUT2D eigenvalue weighted by molar-refractivity contribution is 7.09. The first-order chi connectivity index (χ1) is 9.35. The van der Waals surface area contributed by atoms with Gasteiger partial charge in [-0.3, -0.25) is 0 Å². The van der Waals surface area contributed by atoms with Crippen LogP contribution >= 0.6 is 11.3 Å². The first-order valence-corrected chi connectivity index (χ1v) is 7.57. The Morgan fingerprint density at radius 2 is 1.95 bits per heavy atom. The minimum absolute atomic E-state index is 0.874. The van der Waals surface area contributed by atoms with Crippen LogP contribution in [0.25, 0.3) is 0 Å². The second-order valence-electron chi connectivity index (χ2n) is 4.19. The zero-order valence-corrected chi connectivity index (χ0v) is 12.3. The fourth-order valence-corrected chi connectivity index (χ4v) is 2.69. The van der Waals surface area contributed by atoms with Crippen LogP contribution in [0.5, 0.6) is 0 Å². The van der Waals surface area contributed by atoms with Crippen molar-refractivity contribution in [3.8, 4) is 0 Å². The van der Waals surface area contributed by atoms with Crippen LogP contribution in [0.1, 0.15) is 24.3 Å². The topological polar surface area (TPSA) is 49.8 Å². The van der Waals surface area contributed by atoms with Crippen molar-refractivity contribution in [1.29, 1.82) is 0 Å². The Hall–Kier alpha value is -1.62. The number of nitrogens with zero attached hydrogens (tertiary/aromatic N) is 2. The molecule has 0 saturated heterocycles. The van der Waals surface area contributed by atoms with Gasteiger partial charge < -0.3 is 10.6 Å². The second-order valence-corrected chi connectivity index (χ2v) is 5.22. The zero-order valence-electron chi connectivity index (χ0n) is 11.4. The predicted octanol–water partition coefficient (Wildman–Crippen LogP) is 3.19. The summed E-state index contributed by atoms with van der Waals surface area (Å²) in [6, 6.07) is 4.25. The number of thiophene rings is 1. The maximum absolute atomic E-state index is 4.35. The lowest BCUT2D eigenvalue weighted by Crippen LogP contribution is -2.11. The van der Waals surface area contributed by atoms with Crippen LogP contribution in [0.4, 0.5) is 11.6 Å². The summed E-state index contributed by atoms with van der Waals surface area (Å²) in [6.07, 6.45) is 3.57. The number of rotatable bonds is 7. The Kier molecular flexibility index (Phi) is 5.15. The molecule has 2 rings (SSSR count). The fraction of sp³-hybridized carbons (Fsp3) is 0.429. The summed E-state index contributed by atoms with van der Waals surface area (Å²) >= 11 is 1.79. The standard InChI is InChI=1S/C14H20N4S/c1-3-12-13(15-4-2)17-10-18-14(12)16-8-7-11-6-5-9-19-11/h5-6,9-10H,3-4,7-8H2,1-2H3,(H2,15,16,17,18). The molecular weight excluding hydrogens is 256 g/mol. The lowest BCUT2D eigenvalue weighted by atomic mass is 10.2. The Morgan fingerprint density at radius 1 is 1.16 bits per heavy atom. The normalized spacial score (nSPS) is 10.4. The van der Waals surface area contributed by atoms with Gasteiger partial charge in [0.15, 0.2) is 0 Å². The number of hydrogen-bond acceptors (Lipinski definition) is 5. The molecule has 0 fully saturated rings. The fourth-order valence-electron chi connectivity index (χ4n) is 1.98. The van der Waals surface area contributed by atoms with Gasteiger partial charge in [0.2, 0.25) is 0 Å². The highest BCUT2D eigenvalue weighted by Gasteiger charge is 2.08. The van der Waals surface area contributed by atoms with Crippen molar-refractivity contribution in [2.45, 2.75) is 26.7 Å². The molecular formula is C14H20N4S. The molecule has 0 aromatic carbocycles. The molecule has 0 radical (unpaired) electrons. The summed E-state index contributed by atoms with van der Waals surface area (Å²) in [6.45, 7) is 5.98. The summed E-state index contributed by atoms with van der Waals surface area (Å²) in [5.41, 5.74) is 1.16. The number of hydrogen-bond donors (Lipinski definition) is 2. The third-order valence-corrected chi connectivity index (χ3v) is 3.82. The van der Waals surface area contributed by atoms with Gasteiger partial charge in [0, 0.05) is 23.5 Å². The SMILES string of the molecule is CCNc1ncnc(NCCc2cccs2)c1CC. The molecule has 2 aromatic heterocycles. The van der Waals surface area contributed by atoms with Crippen molar-refractivity contribution in [3.05, 3.63) is 34.3 Å². The quantitative estimate of drug-likeness (QED) is 0.815. The van der Waals surface area contributed by atoms with E-state index < -0.39 is 0 Å². The molecule has 0 unspecified atom stereocenters. The average molecular weight is 276 g/mol. The lowest BCUT2D eigenvalue weighted by molar-refractivity contribution is 0.979. The minimum Gasteiger partial charge on any atom is -0.370 e. The Balaban J connectivity index is 2.00. The maximum atomic E-state index is 4.35. The van der Waals surface area contributed by atoms with E-state index >= 15 is 0 Å². The van der Waals surface area contributed by atoms with Gasteiger partial charge >= 0.3 is 0 Å². The predicted molar refractivity (Wildman–Crippen MR) is 82.1 cm³/mol. The molecule has 4 nitrogen and oxygen atoms in total. The van der Waals surface area contributed by atoms with Crippen LogP contribution in [0, 0.1) is 0 Å². The molecule has 0 saturated carbocycles. The van der Waals surface area contributed by atoms with E-state index in [1.165, 1.54) is 4.88 Å².